The van der Waals surface area contributed by atoms with E-state index in [1.165, 1.54) is 244 Å². The first-order valence-corrected chi connectivity index (χ1v) is 37.8. The number of aliphatic hydroxyl groups excluding tert-OH is 5. The second kappa shape index (κ2) is 67.3. The molecule has 0 aromatic rings. The maximum atomic E-state index is 13.2. The van der Waals surface area contributed by atoms with E-state index in [1.807, 2.05) is 0 Å². The average molecular weight is 1240 g/mol. The molecule has 9 heteroatoms. The third-order valence-electron chi connectivity index (χ3n) is 17.8. The first-order chi connectivity index (χ1) is 43.3. The highest BCUT2D eigenvalue weighted by Gasteiger charge is 2.44. The molecule has 0 saturated carbocycles. The van der Waals surface area contributed by atoms with Crippen LogP contribution in [0.1, 0.15) is 354 Å². The summed E-state index contributed by atoms with van der Waals surface area (Å²) in [5.74, 6) is -0.140. The lowest BCUT2D eigenvalue weighted by molar-refractivity contribution is -0.302. The summed E-state index contributed by atoms with van der Waals surface area (Å²) in [4.78, 5) is 13.2. The number of unbranched alkanes of at least 4 members (excludes halogenated alkanes) is 42. The fourth-order valence-electron chi connectivity index (χ4n) is 11.9. The largest absolute Gasteiger partial charge is 0.394 e. The SMILES string of the molecule is CC/C=C\C/C=C\C/C=C\C/C=C\C/C=C\C/C=C\C/C=C\CCCCCCCCCCCCCCCCCCCC(=O)NC(COC1OC(CO)C(O)C(O)C1O)C(O)CCCCCCCCCCCCCCCCCCCCCCCCCCCC. The van der Waals surface area contributed by atoms with Gasteiger partial charge in [-0.3, -0.25) is 4.79 Å². The highest BCUT2D eigenvalue weighted by molar-refractivity contribution is 5.76. The summed E-state index contributed by atoms with van der Waals surface area (Å²) < 4.78 is 11.4. The van der Waals surface area contributed by atoms with Crippen LogP contribution in [0.4, 0.5) is 0 Å². The number of ether oxygens (including phenoxy) is 2. The lowest BCUT2D eigenvalue weighted by Gasteiger charge is -2.40. The van der Waals surface area contributed by atoms with Gasteiger partial charge in [-0.15, -0.1) is 0 Å². The predicted octanol–water partition coefficient (Wildman–Crippen LogP) is 21.3. The monoisotopic (exact) mass is 1230 g/mol. The van der Waals surface area contributed by atoms with Crippen molar-refractivity contribution >= 4 is 5.91 Å². The van der Waals surface area contributed by atoms with E-state index < -0.39 is 49.5 Å². The maximum absolute atomic E-state index is 13.2. The van der Waals surface area contributed by atoms with E-state index in [0.29, 0.717) is 12.8 Å². The molecule has 0 aromatic carbocycles. The zero-order valence-electron chi connectivity index (χ0n) is 57.5. The minimum absolute atomic E-state index is 0.137. The normalized spacial score (nSPS) is 18.4. The predicted molar refractivity (Wildman–Crippen MR) is 378 cm³/mol. The van der Waals surface area contributed by atoms with Gasteiger partial charge in [0, 0.05) is 6.42 Å². The van der Waals surface area contributed by atoms with Crippen molar-refractivity contribution in [1.82, 2.24) is 5.32 Å². The Bertz CT molecular complexity index is 1670. The molecule has 0 spiro atoms. The summed E-state index contributed by atoms with van der Waals surface area (Å²) in [6.45, 7) is 3.77. The molecule has 1 aliphatic rings. The van der Waals surface area contributed by atoms with Crippen LogP contribution in [0.3, 0.4) is 0 Å². The summed E-state index contributed by atoms with van der Waals surface area (Å²) in [6.07, 6.45) is 89.5. The molecule has 0 aromatic heterocycles. The topological polar surface area (TPSA) is 149 Å². The van der Waals surface area contributed by atoms with E-state index in [2.05, 4.69) is 104 Å². The molecule has 9 nitrogen and oxygen atoms in total. The molecule has 1 fully saturated rings. The van der Waals surface area contributed by atoms with Gasteiger partial charge >= 0.3 is 0 Å². The van der Waals surface area contributed by atoms with Gasteiger partial charge in [-0.2, -0.15) is 0 Å². The summed E-state index contributed by atoms with van der Waals surface area (Å²) in [5, 5.41) is 55.0. The number of hydrogen-bond acceptors (Lipinski definition) is 8. The van der Waals surface area contributed by atoms with Crippen molar-refractivity contribution in [3.05, 3.63) is 85.1 Å². The molecule has 1 saturated heterocycles. The van der Waals surface area contributed by atoms with E-state index in [4.69, 9.17) is 9.47 Å². The van der Waals surface area contributed by atoms with Gasteiger partial charge in [-0.1, -0.05) is 362 Å². The summed E-state index contributed by atoms with van der Waals surface area (Å²) in [7, 11) is 0. The Labute approximate surface area is 543 Å². The molecule has 7 atom stereocenters. The lowest BCUT2D eigenvalue weighted by Crippen LogP contribution is -2.60. The standard InChI is InChI=1S/C79H143NO8/c1-3-5-7-9-11-13-15-17-19-21-23-25-27-29-31-32-33-34-35-36-37-38-39-40-41-42-43-45-47-49-51-53-55-57-59-61-63-65-67-69-75(83)80-72(71-87-79-78(86)77(85)76(84)74(70-81)88-79)73(82)68-66-64-62-60-58-56-54-52-50-48-46-44-30-28-26-24-22-20-18-16-14-12-10-8-6-4-2/h5,7,11,13,17,19,23,25,29,31,33-34,36-37,72-74,76-79,81-82,84-86H,3-4,6,8-10,12,14-16,18,20-22,24,26-28,30,32,35,38-71H2,1-2H3,(H,80,83)/b7-5-,13-11-,19-17-,25-23-,31-29-,34-33-,37-36-. The number of hydrogen-bond donors (Lipinski definition) is 6. The van der Waals surface area contributed by atoms with Gasteiger partial charge in [0.2, 0.25) is 5.91 Å². The molecule has 1 heterocycles. The molecule has 88 heavy (non-hydrogen) atoms. The van der Waals surface area contributed by atoms with Crippen LogP contribution in [0.5, 0.6) is 0 Å². The molecule has 0 radical (unpaired) electrons. The maximum Gasteiger partial charge on any atom is 0.220 e. The molecule has 0 bridgehead atoms. The molecule has 512 valence electrons. The Balaban J connectivity index is 2.08. The van der Waals surface area contributed by atoms with Crippen LogP contribution in [-0.4, -0.2) is 87.5 Å². The van der Waals surface area contributed by atoms with Gasteiger partial charge in [0.15, 0.2) is 6.29 Å². The lowest BCUT2D eigenvalue weighted by atomic mass is 9.99. The summed E-state index contributed by atoms with van der Waals surface area (Å²) in [6, 6.07) is -0.723. The van der Waals surface area contributed by atoms with Gasteiger partial charge in [-0.25, -0.2) is 0 Å². The van der Waals surface area contributed by atoms with Gasteiger partial charge in [-0.05, 0) is 70.6 Å². The van der Waals surface area contributed by atoms with Gasteiger partial charge in [0.1, 0.15) is 24.4 Å². The van der Waals surface area contributed by atoms with Crippen molar-refractivity contribution in [3.63, 3.8) is 0 Å². The Morgan fingerprint density at radius 3 is 1.05 bits per heavy atom. The van der Waals surface area contributed by atoms with E-state index in [-0.39, 0.29) is 12.5 Å². The Morgan fingerprint density at radius 2 is 0.705 bits per heavy atom. The van der Waals surface area contributed by atoms with Crippen LogP contribution in [0.2, 0.25) is 0 Å². The number of allylic oxidation sites excluding steroid dienone is 14. The molecule has 1 aliphatic heterocycles. The van der Waals surface area contributed by atoms with Crippen LogP contribution < -0.4 is 5.32 Å². The fraction of sp³-hybridized carbons (Fsp3) is 0.810. The Hall–Kier alpha value is -2.63. The van der Waals surface area contributed by atoms with Gasteiger partial charge in [0.25, 0.3) is 0 Å². The second-order valence-corrected chi connectivity index (χ2v) is 26.1. The van der Waals surface area contributed by atoms with E-state index in [9.17, 15) is 30.3 Å². The summed E-state index contributed by atoms with van der Waals surface area (Å²) >= 11 is 0. The number of aliphatic hydroxyl groups is 5. The van der Waals surface area contributed by atoms with E-state index >= 15 is 0 Å². The number of rotatable bonds is 66. The van der Waals surface area contributed by atoms with Gasteiger partial charge in [0.05, 0.1) is 25.4 Å². The highest BCUT2D eigenvalue weighted by Crippen LogP contribution is 2.24. The number of amides is 1. The number of nitrogens with one attached hydrogen (secondary N) is 1. The minimum Gasteiger partial charge on any atom is -0.394 e. The molecule has 0 aliphatic carbocycles. The molecule has 7 unspecified atom stereocenters. The van der Waals surface area contributed by atoms with Crippen LogP contribution in [-0.2, 0) is 14.3 Å². The van der Waals surface area contributed by atoms with Crippen LogP contribution >= 0.6 is 0 Å². The highest BCUT2D eigenvalue weighted by atomic mass is 16.7. The second-order valence-electron chi connectivity index (χ2n) is 26.1. The first kappa shape index (κ1) is 83.4. The summed E-state index contributed by atoms with van der Waals surface area (Å²) in [5.41, 5.74) is 0. The average Bonchev–Trinajstić information content (AvgIpc) is 3.65. The molecule has 6 N–H and O–H groups in total. The molecular formula is C79H143NO8. The van der Waals surface area contributed by atoms with Crippen molar-refractivity contribution < 1.29 is 39.8 Å². The van der Waals surface area contributed by atoms with Crippen molar-refractivity contribution in [2.75, 3.05) is 13.2 Å². The Morgan fingerprint density at radius 1 is 0.398 bits per heavy atom. The van der Waals surface area contributed by atoms with Crippen molar-refractivity contribution in [2.45, 2.75) is 397 Å². The van der Waals surface area contributed by atoms with Crippen molar-refractivity contribution in [1.29, 1.82) is 0 Å². The third-order valence-corrected chi connectivity index (χ3v) is 17.8. The number of carbonyl (C=O) groups excluding carboxylic acids is 1. The van der Waals surface area contributed by atoms with Crippen LogP contribution in [0.25, 0.3) is 0 Å². The molecule has 1 amide bonds. The molecule has 1 rings (SSSR count). The van der Waals surface area contributed by atoms with Crippen LogP contribution in [0.15, 0.2) is 85.1 Å². The zero-order valence-corrected chi connectivity index (χ0v) is 57.5. The van der Waals surface area contributed by atoms with Crippen molar-refractivity contribution in [3.8, 4) is 0 Å². The van der Waals surface area contributed by atoms with E-state index in [1.54, 1.807) is 0 Å². The number of carbonyl (C=O) groups is 1. The minimum atomic E-state index is -1.56. The van der Waals surface area contributed by atoms with Crippen molar-refractivity contribution in [2.24, 2.45) is 0 Å². The quantitative estimate of drug-likeness (QED) is 0.0261. The Kier molecular flexibility index (Phi) is 63.7. The first-order valence-electron chi connectivity index (χ1n) is 37.8. The van der Waals surface area contributed by atoms with Gasteiger partial charge < -0.3 is 40.3 Å². The van der Waals surface area contributed by atoms with E-state index in [0.717, 1.165) is 83.5 Å². The third kappa shape index (κ3) is 55.0. The van der Waals surface area contributed by atoms with Crippen LogP contribution in [0, 0.1) is 0 Å². The molecular weight excluding hydrogens is 1090 g/mol. The smallest absolute Gasteiger partial charge is 0.220 e. The fourth-order valence-corrected chi connectivity index (χ4v) is 11.9. The zero-order chi connectivity index (χ0) is 63.5.